The first-order valence-electron chi connectivity index (χ1n) is 10.8. The van der Waals surface area contributed by atoms with Gasteiger partial charge in [0.15, 0.2) is 5.76 Å². The highest BCUT2D eigenvalue weighted by Crippen LogP contribution is 2.37. The molecule has 7 nitrogen and oxygen atoms in total. The van der Waals surface area contributed by atoms with Gasteiger partial charge in [0.05, 0.1) is 35.1 Å². The number of halogens is 2. The molecule has 2 amide bonds. The number of anilines is 2. The molecular weight excluding hydrogens is 473 g/mol. The van der Waals surface area contributed by atoms with Crippen LogP contribution in [0.4, 0.5) is 15.8 Å². The van der Waals surface area contributed by atoms with E-state index in [0.717, 1.165) is 23.3 Å². The number of hydrogen-bond donors (Lipinski definition) is 1. The molecular formula is C26H19ClFN3O4. The Morgan fingerprint density at radius 2 is 1.91 bits per heavy atom. The fraction of sp³-hybridized carbons (Fsp3) is 0.115. The normalized spacial score (nSPS) is 12.4. The molecule has 0 fully saturated rings. The van der Waals surface area contributed by atoms with Crippen LogP contribution in [0.2, 0.25) is 5.02 Å². The van der Waals surface area contributed by atoms with Gasteiger partial charge in [-0.3, -0.25) is 9.59 Å². The topological polar surface area (TPSA) is 84.7 Å². The Kier molecular flexibility index (Phi) is 5.96. The van der Waals surface area contributed by atoms with E-state index in [0.29, 0.717) is 35.7 Å². The summed E-state index contributed by atoms with van der Waals surface area (Å²) >= 11 is 6.00. The van der Waals surface area contributed by atoms with Gasteiger partial charge in [0.2, 0.25) is 0 Å². The summed E-state index contributed by atoms with van der Waals surface area (Å²) in [6.45, 7) is 0.425. The van der Waals surface area contributed by atoms with Crippen LogP contribution in [0.1, 0.15) is 26.3 Å². The molecule has 5 rings (SSSR count). The molecule has 1 aliphatic rings. The van der Waals surface area contributed by atoms with E-state index in [9.17, 15) is 14.0 Å². The standard InChI is InChI=1S/C26H19ClFN3O4/c1-34-23-13-17(30-25(32)18-8-6-16(28)12-21(18)27)7-9-20(23)26(33)31-11-10-15-14-29-35-24(15)19-4-2-3-5-22(19)31/h2-9,12-14H,10-11H2,1H3,(H,30,32). The van der Waals surface area contributed by atoms with Gasteiger partial charge in [-0.05, 0) is 48.9 Å². The van der Waals surface area contributed by atoms with Crippen molar-refractivity contribution in [3.8, 4) is 17.1 Å². The Balaban J connectivity index is 1.44. The zero-order chi connectivity index (χ0) is 24.5. The van der Waals surface area contributed by atoms with E-state index in [1.54, 1.807) is 29.3 Å². The van der Waals surface area contributed by atoms with E-state index >= 15 is 0 Å². The molecule has 0 atom stereocenters. The second-order valence-electron chi connectivity index (χ2n) is 7.90. The SMILES string of the molecule is COc1cc(NC(=O)c2ccc(F)cc2Cl)ccc1C(=O)N1CCc2cnoc2-c2ccccc21. The zero-order valence-corrected chi connectivity index (χ0v) is 19.3. The molecule has 1 N–H and O–H groups in total. The van der Waals surface area contributed by atoms with Crippen LogP contribution < -0.4 is 15.0 Å². The highest BCUT2D eigenvalue weighted by Gasteiger charge is 2.28. The first kappa shape index (κ1) is 22.6. The molecule has 3 aromatic carbocycles. The molecule has 0 saturated carbocycles. The number of amides is 2. The van der Waals surface area contributed by atoms with E-state index in [4.69, 9.17) is 20.9 Å². The molecule has 176 valence electrons. The fourth-order valence-corrected chi connectivity index (χ4v) is 4.34. The van der Waals surface area contributed by atoms with Crippen molar-refractivity contribution in [3.05, 3.63) is 94.4 Å². The summed E-state index contributed by atoms with van der Waals surface area (Å²) in [5.41, 5.74) is 3.27. The lowest BCUT2D eigenvalue weighted by Crippen LogP contribution is -2.32. The number of para-hydroxylation sites is 1. The largest absolute Gasteiger partial charge is 0.496 e. The number of ether oxygens (including phenoxy) is 1. The summed E-state index contributed by atoms with van der Waals surface area (Å²) in [6, 6.07) is 15.8. The Bertz CT molecular complexity index is 1450. The van der Waals surface area contributed by atoms with Gasteiger partial charge in [-0.1, -0.05) is 28.9 Å². The van der Waals surface area contributed by atoms with Crippen molar-refractivity contribution >= 4 is 34.8 Å². The maximum atomic E-state index is 13.7. The lowest BCUT2D eigenvalue weighted by Gasteiger charge is -2.24. The minimum atomic E-state index is -0.537. The Morgan fingerprint density at radius 3 is 2.71 bits per heavy atom. The summed E-state index contributed by atoms with van der Waals surface area (Å²) in [6.07, 6.45) is 2.25. The monoisotopic (exact) mass is 491 g/mol. The fourth-order valence-electron chi connectivity index (χ4n) is 4.09. The number of hydrogen-bond acceptors (Lipinski definition) is 5. The maximum Gasteiger partial charge on any atom is 0.262 e. The predicted octanol–water partition coefficient (Wildman–Crippen LogP) is 5.60. The third-order valence-corrected chi connectivity index (χ3v) is 6.11. The summed E-state index contributed by atoms with van der Waals surface area (Å²) < 4.78 is 24.3. The van der Waals surface area contributed by atoms with Crippen LogP contribution in [0.25, 0.3) is 11.3 Å². The van der Waals surface area contributed by atoms with Gasteiger partial charge in [-0.25, -0.2) is 4.39 Å². The Labute approximate surface area is 205 Å². The van der Waals surface area contributed by atoms with E-state index in [-0.39, 0.29) is 22.2 Å². The third-order valence-electron chi connectivity index (χ3n) is 5.80. The molecule has 0 aliphatic carbocycles. The molecule has 0 saturated heterocycles. The van der Waals surface area contributed by atoms with Crippen molar-refractivity contribution in [2.24, 2.45) is 0 Å². The van der Waals surface area contributed by atoms with Crippen molar-refractivity contribution < 1.29 is 23.2 Å². The number of nitrogens with one attached hydrogen (secondary N) is 1. The maximum absolute atomic E-state index is 13.7. The van der Waals surface area contributed by atoms with Crippen LogP contribution >= 0.6 is 11.6 Å². The minimum absolute atomic E-state index is 0.00405. The molecule has 0 spiro atoms. The average Bonchev–Trinajstić information content (AvgIpc) is 3.26. The van der Waals surface area contributed by atoms with Crippen molar-refractivity contribution in [1.82, 2.24) is 5.16 Å². The van der Waals surface area contributed by atoms with Crippen molar-refractivity contribution in [2.75, 3.05) is 23.9 Å². The van der Waals surface area contributed by atoms with E-state index in [1.165, 1.54) is 13.2 Å². The second kappa shape index (κ2) is 9.23. The van der Waals surface area contributed by atoms with Gasteiger partial charge in [0.25, 0.3) is 11.8 Å². The van der Waals surface area contributed by atoms with Gasteiger partial charge in [-0.2, -0.15) is 0 Å². The summed E-state index contributed by atoms with van der Waals surface area (Å²) in [5.74, 6) is -0.365. The number of carbonyl (C=O) groups excluding carboxylic acids is 2. The molecule has 1 aliphatic heterocycles. The minimum Gasteiger partial charge on any atom is -0.496 e. The number of fused-ring (bicyclic) bond motifs is 3. The second-order valence-corrected chi connectivity index (χ2v) is 8.30. The molecule has 35 heavy (non-hydrogen) atoms. The van der Waals surface area contributed by atoms with Crippen LogP contribution in [0.15, 0.2) is 71.4 Å². The van der Waals surface area contributed by atoms with Crippen molar-refractivity contribution in [1.29, 1.82) is 0 Å². The number of aromatic nitrogens is 1. The van der Waals surface area contributed by atoms with Crippen LogP contribution in [-0.4, -0.2) is 30.6 Å². The van der Waals surface area contributed by atoms with Crippen LogP contribution in [0.5, 0.6) is 5.75 Å². The van der Waals surface area contributed by atoms with Crippen LogP contribution in [0, 0.1) is 5.82 Å². The van der Waals surface area contributed by atoms with E-state index in [2.05, 4.69) is 10.5 Å². The van der Waals surface area contributed by atoms with Crippen LogP contribution in [0.3, 0.4) is 0 Å². The van der Waals surface area contributed by atoms with Crippen LogP contribution in [-0.2, 0) is 6.42 Å². The van der Waals surface area contributed by atoms with E-state index < -0.39 is 11.7 Å². The first-order valence-corrected chi connectivity index (χ1v) is 11.1. The highest BCUT2D eigenvalue weighted by atomic mass is 35.5. The van der Waals surface area contributed by atoms with Gasteiger partial charge in [-0.15, -0.1) is 0 Å². The molecule has 4 aromatic rings. The number of benzene rings is 3. The van der Waals surface area contributed by atoms with Gasteiger partial charge >= 0.3 is 0 Å². The number of rotatable bonds is 4. The van der Waals surface area contributed by atoms with Gasteiger partial charge < -0.3 is 19.5 Å². The summed E-state index contributed by atoms with van der Waals surface area (Å²) in [5, 5.41) is 6.60. The van der Waals surface area contributed by atoms with Crippen molar-refractivity contribution in [3.63, 3.8) is 0 Å². The average molecular weight is 492 g/mol. The predicted molar refractivity (Wildman–Crippen MR) is 130 cm³/mol. The van der Waals surface area contributed by atoms with Gasteiger partial charge in [0, 0.05) is 29.4 Å². The van der Waals surface area contributed by atoms with E-state index in [1.807, 2.05) is 24.3 Å². The molecule has 0 unspecified atom stereocenters. The number of carbonyl (C=O) groups is 2. The summed E-state index contributed by atoms with van der Waals surface area (Å²) in [4.78, 5) is 28.0. The lowest BCUT2D eigenvalue weighted by atomic mass is 10.1. The molecule has 1 aromatic heterocycles. The molecule has 9 heteroatoms. The molecule has 0 radical (unpaired) electrons. The smallest absolute Gasteiger partial charge is 0.262 e. The first-order chi connectivity index (χ1) is 17.0. The molecule has 2 heterocycles. The number of methoxy groups -OCH3 is 1. The zero-order valence-electron chi connectivity index (χ0n) is 18.5. The highest BCUT2D eigenvalue weighted by molar-refractivity contribution is 6.34. The van der Waals surface area contributed by atoms with Gasteiger partial charge in [0.1, 0.15) is 11.6 Å². The third kappa shape index (κ3) is 4.24. The quantitative estimate of drug-likeness (QED) is 0.402. The van der Waals surface area contributed by atoms with Crippen molar-refractivity contribution in [2.45, 2.75) is 6.42 Å². The Hall–Kier alpha value is -4.17. The number of nitrogens with zero attached hydrogens (tertiary/aromatic N) is 2. The lowest BCUT2D eigenvalue weighted by molar-refractivity contribution is 0.0983. The Morgan fingerprint density at radius 1 is 1.11 bits per heavy atom. The molecule has 0 bridgehead atoms. The summed E-state index contributed by atoms with van der Waals surface area (Å²) in [7, 11) is 1.45.